The number of amides is 1. The normalized spacial score (nSPS) is 9.62. The molecular weight excluding hydrogens is 190 g/mol. The van der Waals surface area contributed by atoms with Crippen molar-refractivity contribution in [3.05, 3.63) is 21.9 Å². The first-order valence-electron chi connectivity index (χ1n) is 3.66. The minimum Gasteiger partial charge on any atom is -0.465 e. The lowest BCUT2D eigenvalue weighted by Gasteiger charge is -1.95. The molecule has 5 heteroatoms. The van der Waals surface area contributed by atoms with E-state index in [4.69, 9.17) is 5.11 Å². The molecule has 0 aliphatic heterocycles. The van der Waals surface area contributed by atoms with Gasteiger partial charge in [0, 0.05) is 4.88 Å². The number of thiophene rings is 1. The molecule has 0 saturated heterocycles. The van der Waals surface area contributed by atoms with Crippen molar-refractivity contribution in [2.75, 3.05) is 0 Å². The van der Waals surface area contributed by atoms with E-state index in [1.165, 1.54) is 18.3 Å². The molecule has 2 N–H and O–H groups in total. The van der Waals surface area contributed by atoms with Gasteiger partial charge < -0.3 is 10.4 Å². The second kappa shape index (κ2) is 4.04. The van der Waals surface area contributed by atoms with Crippen molar-refractivity contribution in [1.29, 1.82) is 0 Å². The van der Waals surface area contributed by atoms with E-state index in [1.54, 1.807) is 12.1 Å². The van der Waals surface area contributed by atoms with E-state index in [2.05, 4.69) is 5.32 Å². The third-order valence-electron chi connectivity index (χ3n) is 1.42. The zero-order valence-electron chi connectivity index (χ0n) is 7.03. The van der Waals surface area contributed by atoms with Crippen LogP contribution in [-0.4, -0.2) is 17.0 Å². The number of Topliss-reactive ketones (excluding diaryl/α,β-unsaturated/α-hetero) is 1. The van der Waals surface area contributed by atoms with Crippen LogP contribution in [0.4, 0.5) is 4.79 Å². The summed E-state index contributed by atoms with van der Waals surface area (Å²) in [5.74, 6) is 0.00609. The molecule has 0 fully saturated rings. The zero-order valence-corrected chi connectivity index (χ0v) is 7.85. The van der Waals surface area contributed by atoms with Crippen LogP contribution in [0, 0.1) is 0 Å². The molecule has 1 amide bonds. The Morgan fingerprint density at radius 1 is 1.54 bits per heavy atom. The van der Waals surface area contributed by atoms with Gasteiger partial charge in [-0.2, -0.15) is 0 Å². The predicted molar refractivity (Wildman–Crippen MR) is 49.2 cm³/mol. The predicted octanol–water partition coefficient (Wildman–Crippen LogP) is 1.72. The summed E-state index contributed by atoms with van der Waals surface area (Å²) in [6, 6.07) is 3.45. The Balaban J connectivity index is 2.59. The molecule has 70 valence electrons. The molecule has 0 aliphatic carbocycles. The highest BCUT2D eigenvalue weighted by Gasteiger charge is 2.04. The summed E-state index contributed by atoms with van der Waals surface area (Å²) in [4.78, 5) is 22.5. The molecule has 1 heterocycles. The zero-order chi connectivity index (χ0) is 9.84. The second-order valence-electron chi connectivity index (χ2n) is 2.48. The van der Waals surface area contributed by atoms with E-state index in [-0.39, 0.29) is 12.3 Å². The lowest BCUT2D eigenvalue weighted by Crippen LogP contribution is -2.19. The summed E-state index contributed by atoms with van der Waals surface area (Å²) >= 11 is 1.31. The average molecular weight is 199 g/mol. The maximum absolute atomic E-state index is 10.9. The van der Waals surface area contributed by atoms with E-state index < -0.39 is 6.09 Å². The molecule has 0 spiro atoms. The van der Waals surface area contributed by atoms with Crippen LogP contribution in [0.5, 0.6) is 0 Å². The minimum atomic E-state index is -1.06. The van der Waals surface area contributed by atoms with Gasteiger partial charge in [-0.3, -0.25) is 4.79 Å². The Bertz CT molecular complexity index is 332. The highest BCUT2D eigenvalue weighted by molar-refractivity contribution is 7.14. The van der Waals surface area contributed by atoms with E-state index in [0.29, 0.717) is 4.88 Å². The van der Waals surface area contributed by atoms with Gasteiger partial charge in [-0.05, 0) is 19.1 Å². The van der Waals surface area contributed by atoms with Crippen molar-refractivity contribution in [2.45, 2.75) is 13.5 Å². The third kappa shape index (κ3) is 2.87. The van der Waals surface area contributed by atoms with Crippen LogP contribution in [0.25, 0.3) is 0 Å². The fourth-order valence-corrected chi connectivity index (χ4v) is 1.67. The lowest BCUT2D eigenvalue weighted by molar-refractivity contribution is 0.102. The van der Waals surface area contributed by atoms with E-state index in [9.17, 15) is 9.59 Å². The average Bonchev–Trinajstić information content (AvgIpc) is 2.48. The fourth-order valence-electron chi connectivity index (χ4n) is 0.825. The topological polar surface area (TPSA) is 66.4 Å². The summed E-state index contributed by atoms with van der Waals surface area (Å²) in [5, 5.41) is 10.5. The van der Waals surface area contributed by atoms with Crippen LogP contribution < -0.4 is 5.32 Å². The number of hydrogen-bond donors (Lipinski definition) is 2. The summed E-state index contributed by atoms with van der Waals surface area (Å²) in [5.41, 5.74) is 0. The van der Waals surface area contributed by atoms with E-state index >= 15 is 0 Å². The third-order valence-corrected chi connectivity index (χ3v) is 2.61. The number of rotatable bonds is 3. The molecule has 0 aromatic carbocycles. The number of carboxylic acid groups (broad SMARTS) is 1. The van der Waals surface area contributed by atoms with Gasteiger partial charge in [0.1, 0.15) is 0 Å². The number of carbonyl (C=O) groups excluding carboxylic acids is 1. The number of ketones is 1. The van der Waals surface area contributed by atoms with Gasteiger partial charge in [0.25, 0.3) is 0 Å². The summed E-state index contributed by atoms with van der Waals surface area (Å²) in [6.07, 6.45) is -1.06. The van der Waals surface area contributed by atoms with Gasteiger partial charge in [0.2, 0.25) is 0 Å². The van der Waals surface area contributed by atoms with Gasteiger partial charge in [-0.15, -0.1) is 11.3 Å². The molecule has 13 heavy (non-hydrogen) atoms. The van der Waals surface area contributed by atoms with Crippen LogP contribution in [0.3, 0.4) is 0 Å². The number of nitrogens with one attached hydrogen (secondary N) is 1. The molecule has 1 rings (SSSR count). The van der Waals surface area contributed by atoms with Crippen LogP contribution in [0.2, 0.25) is 0 Å². The van der Waals surface area contributed by atoms with Crippen molar-refractivity contribution < 1.29 is 14.7 Å². The highest BCUT2D eigenvalue weighted by atomic mass is 32.1. The molecule has 0 radical (unpaired) electrons. The summed E-state index contributed by atoms with van der Waals surface area (Å²) < 4.78 is 0. The van der Waals surface area contributed by atoms with Crippen molar-refractivity contribution in [2.24, 2.45) is 0 Å². The van der Waals surface area contributed by atoms with Gasteiger partial charge in [-0.25, -0.2) is 4.79 Å². The largest absolute Gasteiger partial charge is 0.465 e. The van der Waals surface area contributed by atoms with Crippen LogP contribution >= 0.6 is 11.3 Å². The first-order chi connectivity index (χ1) is 6.09. The van der Waals surface area contributed by atoms with Gasteiger partial charge in [-0.1, -0.05) is 0 Å². The summed E-state index contributed by atoms with van der Waals surface area (Å²) in [7, 11) is 0. The van der Waals surface area contributed by atoms with Crippen LogP contribution in [0.1, 0.15) is 21.5 Å². The van der Waals surface area contributed by atoms with Gasteiger partial charge in [0.15, 0.2) is 5.78 Å². The summed E-state index contributed by atoms with van der Waals surface area (Å²) in [6.45, 7) is 1.74. The molecule has 0 bridgehead atoms. The van der Waals surface area contributed by atoms with Crippen LogP contribution in [-0.2, 0) is 6.54 Å². The maximum atomic E-state index is 10.9. The molecule has 1 aromatic heterocycles. The lowest BCUT2D eigenvalue weighted by atomic mass is 10.3. The van der Waals surface area contributed by atoms with Crippen LogP contribution in [0.15, 0.2) is 12.1 Å². The van der Waals surface area contributed by atoms with E-state index in [1.807, 2.05) is 0 Å². The highest BCUT2D eigenvalue weighted by Crippen LogP contribution is 2.16. The maximum Gasteiger partial charge on any atom is 0.404 e. The molecule has 0 saturated carbocycles. The molecule has 4 nitrogen and oxygen atoms in total. The second-order valence-corrected chi connectivity index (χ2v) is 3.65. The monoisotopic (exact) mass is 199 g/mol. The first kappa shape index (κ1) is 9.73. The number of hydrogen-bond acceptors (Lipinski definition) is 3. The van der Waals surface area contributed by atoms with Crippen molar-refractivity contribution >= 4 is 23.2 Å². The van der Waals surface area contributed by atoms with Crippen molar-refractivity contribution in [1.82, 2.24) is 5.32 Å². The van der Waals surface area contributed by atoms with E-state index in [0.717, 1.165) is 4.88 Å². The van der Waals surface area contributed by atoms with Gasteiger partial charge >= 0.3 is 6.09 Å². The molecular formula is C8H9NO3S. The smallest absolute Gasteiger partial charge is 0.404 e. The Morgan fingerprint density at radius 3 is 2.69 bits per heavy atom. The fraction of sp³-hybridized carbons (Fsp3) is 0.250. The standard InChI is InChI=1S/C8H9NO3S/c1-5(10)7-3-2-6(13-7)4-9-8(11)12/h2-3,9H,4H2,1H3,(H,11,12). The molecule has 0 unspecified atom stereocenters. The minimum absolute atomic E-state index is 0.00609. The molecule has 0 atom stereocenters. The molecule has 1 aromatic rings. The Morgan fingerprint density at radius 2 is 2.23 bits per heavy atom. The SMILES string of the molecule is CC(=O)c1ccc(CNC(=O)O)s1. The quantitative estimate of drug-likeness (QED) is 0.728. The molecule has 0 aliphatic rings. The van der Waals surface area contributed by atoms with Crippen molar-refractivity contribution in [3.8, 4) is 0 Å². The Kier molecular flexibility index (Phi) is 3.02. The Labute approximate surface area is 79.2 Å². The van der Waals surface area contributed by atoms with Crippen molar-refractivity contribution in [3.63, 3.8) is 0 Å². The number of carbonyl (C=O) groups is 2. The Hall–Kier alpha value is -1.36. The van der Waals surface area contributed by atoms with Gasteiger partial charge in [0.05, 0.1) is 11.4 Å². The first-order valence-corrected chi connectivity index (χ1v) is 4.47.